The van der Waals surface area contributed by atoms with Gasteiger partial charge in [0.15, 0.2) is 0 Å². The molecule has 0 aromatic carbocycles. The molecular weight excluding hydrogens is 248 g/mol. The van der Waals surface area contributed by atoms with Gasteiger partial charge in [0, 0.05) is 12.4 Å². The van der Waals surface area contributed by atoms with Crippen LogP contribution >= 0.6 is 0 Å². The third-order valence-corrected chi connectivity index (χ3v) is 5.97. The zero-order chi connectivity index (χ0) is 13.2. The van der Waals surface area contributed by atoms with Crippen molar-refractivity contribution in [2.45, 2.75) is 36.6 Å². The lowest BCUT2D eigenvalue weighted by Crippen LogP contribution is -2.36. The SMILES string of the molecule is C=C[C@H]1CCC[C@H](S(=O)(=O)c2ncccn2)[C@@H]1C. The maximum absolute atomic E-state index is 12.5. The van der Waals surface area contributed by atoms with Crippen LogP contribution in [-0.2, 0) is 9.84 Å². The maximum atomic E-state index is 12.5. The molecule has 3 atom stereocenters. The van der Waals surface area contributed by atoms with Crippen LogP contribution in [0.3, 0.4) is 0 Å². The Morgan fingerprint density at radius 2 is 2.00 bits per heavy atom. The molecule has 4 nitrogen and oxygen atoms in total. The number of nitrogens with zero attached hydrogens (tertiary/aromatic N) is 2. The van der Waals surface area contributed by atoms with Gasteiger partial charge in [0.1, 0.15) is 0 Å². The van der Waals surface area contributed by atoms with Crippen LogP contribution in [0.2, 0.25) is 0 Å². The van der Waals surface area contributed by atoms with Crippen molar-refractivity contribution in [1.82, 2.24) is 9.97 Å². The standard InChI is InChI=1S/C13H18N2O2S/c1-3-11-6-4-7-12(10(11)2)18(16,17)13-14-8-5-9-15-13/h3,5,8-12H,1,4,6-7H2,2H3/t10-,11+,12+/m1/s1. The number of hydrogen-bond acceptors (Lipinski definition) is 4. The van der Waals surface area contributed by atoms with E-state index >= 15 is 0 Å². The van der Waals surface area contributed by atoms with Gasteiger partial charge in [-0.2, -0.15) is 0 Å². The summed E-state index contributed by atoms with van der Waals surface area (Å²) in [5, 5.41) is -0.441. The van der Waals surface area contributed by atoms with E-state index in [9.17, 15) is 8.42 Å². The van der Waals surface area contributed by atoms with Crippen LogP contribution in [0.5, 0.6) is 0 Å². The molecule has 2 rings (SSSR count). The molecule has 0 aliphatic heterocycles. The lowest BCUT2D eigenvalue weighted by molar-refractivity contribution is 0.306. The molecule has 0 spiro atoms. The van der Waals surface area contributed by atoms with E-state index < -0.39 is 15.1 Å². The minimum absolute atomic E-state index is 0.0495. The second-order valence-electron chi connectivity index (χ2n) is 4.80. The van der Waals surface area contributed by atoms with Gasteiger partial charge >= 0.3 is 0 Å². The Morgan fingerprint density at radius 3 is 2.61 bits per heavy atom. The summed E-state index contributed by atoms with van der Waals surface area (Å²) >= 11 is 0. The van der Waals surface area contributed by atoms with Gasteiger partial charge in [-0.3, -0.25) is 0 Å². The van der Waals surface area contributed by atoms with E-state index in [0.29, 0.717) is 6.42 Å². The fourth-order valence-corrected chi connectivity index (χ4v) is 4.62. The molecule has 0 N–H and O–H groups in total. The van der Waals surface area contributed by atoms with Crippen LogP contribution in [-0.4, -0.2) is 23.6 Å². The third kappa shape index (κ3) is 2.32. The number of rotatable bonds is 3. The highest BCUT2D eigenvalue weighted by Gasteiger charge is 2.39. The fourth-order valence-electron chi connectivity index (χ4n) is 2.69. The van der Waals surface area contributed by atoms with Gasteiger partial charge in [-0.15, -0.1) is 6.58 Å². The quantitative estimate of drug-likeness (QED) is 0.622. The van der Waals surface area contributed by atoms with Crippen molar-refractivity contribution in [3.63, 3.8) is 0 Å². The van der Waals surface area contributed by atoms with E-state index in [1.165, 1.54) is 12.4 Å². The Hall–Kier alpha value is -1.23. The lowest BCUT2D eigenvalue weighted by atomic mass is 9.80. The van der Waals surface area contributed by atoms with Crippen LogP contribution in [0.4, 0.5) is 0 Å². The van der Waals surface area contributed by atoms with Crippen LogP contribution in [0.25, 0.3) is 0 Å². The van der Waals surface area contributed by atoms with Gasteiger partial charge < -0.3 is 0 Å². The van der Waals surface area contributed by atoms with E-state index in [1.54, 1.807) is 6.07 Å². The Balaban J connectivity index is 2.33. The smallest absolute Gasteiger partial charge is 0.227 e. The third-order valence-electron chi connectivity index (χ3n) is 3.79. The molecule has 18 heavy (non-hydrogen) atoms. The fraction of sp³-hybridized carbons (Fsp3) is 0.538. The molecule has 1 aliphatic carbocycles. The van der Waals surface area contributed by atoms with Gasteiger partial charge in [-0.05, 0) is 30.7 Å². The van der Waals surface area contributed by atoms with Crippen molar-refractivity contribution >= 4 is 9.84 Å². The van der Waals surface area contributed by atoms with Gasteiger partial charge in [0.25, 0.3) is 0 Å². The summed E-state index contributed by atoms with van der Waals surface area (Å²) in [6.07, 6.45) is 7.44. The first-order valence-electron chi connectivity index (χ1n) is 6.21. The first-order valence-corrected chi connectivity index (χ1v) is 7.75. The maximum Gasteiger partial charge on any atom is 0.247 e. The summed E-state index contributed by atoms with van der Waals surface area (Å²) < 4.78 is 25.0. The molecule has 0 amide bonds. The molecule has 1 fully saturated rings. The van der Waals surface area contributed by atoms with Crippen molar-refractivity contribution in [3.8, 4) is 0 Å². The summed E-state index contributed by atoms with van der Waals surface area (Å²) in [5.41, 5.74) is 0. The van der Waals surface area contributed by atoms with Crippen LogP contribution in [0, 0.1) is 11.8 Å². The number of sulfone groups is 1. The van der Waals surface area contributed by atoms with E-state index in [-0.39, 0.29) is 17.0 Å². The van der Waals surface area contributed by atoms with Crippen molar-refractivity contribution < 1.29 is 8.42 Å². The van der Waals surface area contributed by atoms with E-state index in [4.69, 9.17) is 0 Å². The van der Waals surface area contributed by atoms with E-state index in [1.807, 2.05) is 13.0 Å². The molecule has 1 aliphatic rings. The van der Waals surface area contributed by atoms with Crippen molar-refractivity contribution in [2.24, 2.45) is 11.8 Å². The molecular formula is C13H18N2O2S. The molecule has 1 saturated carbocycles. The molecule has 0 saturated heterocycles. The average Bonchev–Trinajstić information content (AvgIpc) is 2.40. The van der Waals surface area contributed by atoms with Gasteiger partial charge in [0.2, 0.25) is 15.0 Å². The molecule has 0 radical (unpaired) electrons. The first-order chi connectivity index (χ1) is 8.57. The molecule has 0 unspecified atom stereocenters. The Kier molecular flexibility index (Phi) is 3.80. The molecule has 98 valence electrons. The zero-order valence-electron chi connectivity index (χ0n) is 10.5. The monoisotopic (exact) mass is 266 g/mol. The van der Waals surface area contributed by atoms with E-state index in [0.717, 1.165) is 12.8 Å². The first kappa shape index (κ1) is 13.2. The van der Waals surface area contributed by atoms with Gasteiger partial charge in [0.05, 0.1) is 5.25 Å². The van der Waals surface area contributed by atoms with Crippen molar-refractivity contribution in [3.05, 3.63) is 31.1 Å². The minimum atomic E-state index is -3.42. The number of hydrogen-bond donors (Lipinski definition) is 0. The Morgan fingerprint density at radius 1 is 1.33 bits per heavy atom. The second-order valence-corrected chi connectivity index (χ2v) is 6.87. The van der Waals surface area contributed by atoms with Crippen LogP contribution < -0.4 is 0 Å². The molecule has 1 aromatic rings. The van der Waals surface area contributed by atoms with Crippen molar-refractivity contribution in [1.29, 1.82) is 0 Å². The highest BCUT2D eigenvalue weighted by atomic mass is 32.2. The molecule has 1 heterocycles. The average molecular weight is 266 g/mol. The largest absolute Gasteiger partial charge is 0.247 e. The topological polar surface area (TPSA) is 59.9 Å². The second kappa shape index (κ2) is 5.18. The van der Waals surface area contributed by atoms with Gasteiger partial charge in [-0.25, -0.2) is 18.4 Å². The number of aromatic nitrogens is 2. The number of allylic oxidation sites excluding steroid dienone is 1. The Labute approximate surface area is 108 Å². The summed E-state index contributed by atoms with van der Waals surface area (Å²) in [4.78, 5) is 7.77. The summed E-state index contributed by atoms with van der Waals surface area (Å²) in [5.74, 6) is 0.340. The lowest BCUT2D eigenvalue weighted by Gasteiger charge is -2.33. The molecule has 5 heteroatoms. The predicted octanol–water partition coefficient (Wildman–Crippen LogP) is 2.24. The molecule has 0 bridgehead atoms. The van der Waals surface area contributed by atoms with Crippen LogP contribution in [0.15, 0.2) is 36.3 Å². The van der Waals surface area contributed by atoms with Crippen molar-refractivity contribution in [2.75, 3.05) is 0 Å². The van der Waals surface area contributed by atoms with Crippen LogP contribution in [0.1, 0.15) is 26.2 Å². The zero-order valence-corrected chi connectivity index (χ0v) is 11.3. The highest BCUT2D eigenvalue weighted by molar-refractivity contribution is 7.91. The Bertz CT molecular complexity index is 513. The minimum Gasteiger partial charge on any atom is -0.227 e. The summed E-state index contributed by atoms with van der Waals surface area (Å²) in [6, 6.07) is 1.62. The predicted molar refractivity (Wildman–Crippen MR) is 69.7 cm³/mol. The summed E-state index contributed by atoms with van der Waals surface area (Å²) in [7, 11) is -3.42. The highest BCUT2D eigenvalue weighted by Crippen LogP contribution is 2.36. The van der Waals surface area contributed by atoms with Gasteiger partial charge in [-0.1, -0.05) is 19.4 Å². The van der Waals surface area contributed by atoms with E-state index in [2.05, 4.69) is 16.5 Å². The normalized spacial score (nSPS) is 28.8. The summed E-state index contributed by atoms with van der Waals surface area (Å²) in [6.45, 7) is 5.78. The molecule has 1 aromatic heterocycles.